The summed E-state index contributed by atoms with van der Waals surface area (Å²) < 4.78 is 49.8. The van der Waals surface area contributed by atoms with Gasteiger partial charge in [0, 0.05) is 11.6 Å². The van der Waals surface area contributed by atoms with E-state index in [0.29, 0.717) is 6.07 Å². The van der Waals surface area contributed by atoms with Crippen molar-refractivity contribution >= 4 is 16.7 Å². The molecule has 0 fully saturated rings. The van der Waals surface area contributed by atoms with Gasteiger partial charge in [-0.3, -0.25) is 10.1 Å². The first-order chi connectivity index (χ1) is 8.40. The van der Waals surface area contributed by atoms with Crippen LogP contribution in [0.1, 0.15) is 24.2 Å². The number of imidazole rings is 1. The number of rotatable bonds is 3. The smallest absolute Gasteiger partial charge is 0.297 e. The van der Waals surface area contributed by atoms with Crippen LogP contribution < -0.4 is 0 Å². The Morgan fingerprint density at radius 2 is 1.89 bits per heavy atom. The first-order valence-corrected chi connectivity index (χ1v) is 4.64. The normalized spacial score (nSPS) is 11.7. The molecule has 0 aliphatic rings. The number of aromatic amines is 1. The van der Waals surface area contributed by atoms with Gasteiger partial charge in [0.05, 0.1) is 10.4 Å². The monoisotopic (exact) mass is 263 g/mol. The van der Waals surface area contributed by atoms with Gasteiger partial charge in [-0.05, 0) is 6.07 Å². The number of nitrogens with one attached hydrogen (secondary N) is 1. The lowest BCUT2D eigenvalue weighted by Gasteiger charge is -1.99. The largest absolute Gasteiger partial charge is 0.337 e. The van der Waals surface area contributed by atoms with Crippen LogP contribution in [0.5, 0.6) is 0 Å². The predicted molar refractivity (Wildman–Crippen MR) is 52.7 cm³/mol. The minimum atomic E-state index is -2.97. The summed E-state index contributed by atoms with van der Waals surface area (Å²) >= 11 is 0. The summed E-state index contributed by atoms with van der Waals surface area (Å²) in [5.74, 6) is -0.792. The van der Waals surface area contributed by atoms with Gasteiger partial charge in [-0.15, -0.1) is 0 Å². The van der Waals surface area contributed by atoms with Crippen LogP contribution in [-0.4, -0.2) is 14.9 Å². The lowest BCUT2D eigenvalue weighted by Crippen LogP contribution is -1.93. The van der Waals surface area contributed by atoms with Crippen molar-refractivity contribution in [3.8, 4) is 0 Å². The fourth-order valence-electron chi connectivity index (χ4n) is 1.51. The van der Waals surface area contributed by atoms with E-state index in [-0.39, 0.29) is 11.0 Å². The number of H-pyrrole nitrogens is 1. The van der Waals surface area contributed by atoms with Crippen molar-refractivity contribution in [3.05, 3.63) is 33.6 Å². The van der Waals surface area contributed by atoms with Crippen LogP contribution in [0, 0.1) is 10.1 Å². The number of aromatic nitrogens is 2. The van der Waals surface area contributed by atoms with Gasteiger partial charge in [0.1, 0.15) is 0 Å². The summed E-state index contributed by atoms with van der Waals surface area (Å²) in [4.78, 5) is 15.2. The number of alkyl halides is 4. The molecule has 2 aromatic rings. The van der Waals surface area contributed by atoms with Crippen molar-refractivity contribution in [2.45, 2.75) is 12.9 Å². The molecule has 0 saturated carbocycles. The lowest BCUT2D eigenvalue weighted by atomic mass is 10.2. The molecule has 1 aromatic heterocycles. The number of hydrogen-bond donors (Lipinski definition) is 1. The maximum absolute atomic E-state index is 12.5. The van der Waals surface area contributed by atoms with E-state index in [9.17, 15) is 27.7 Å². The zero-order valence-electron chi connectivity index (χ0n) is 8.53. The van der Waals surface area contributed by atoms with Gasteiger partial charge in [-0.25, -0.2) is 22.5 Å². The van der Waals surface area contributed by atoms with E-state index >= 15 is 0 Å². The molecule has 0 atom stereocenters. The first-order valence-electron chi connectivity index (χ1n) is 4.64. The first kappa shape index (κ1) is 12.3. The molecule has 0 aliphatic heterocycles. The van der Waals surface area contributed by atoms with Gasteiger partial charge in [0.15, 0.2) is 11.3 Å². The van der Waals surface area contributed by atoms with E-state index < -0.39 is 34.8 Å². The Morgan fingerprint density at radius 1 is 1.22 bits per heavy atom. The van der Waals surface area contributed by atoms with Crippen LogP contribution in [0.4, 0.5) is 23.2 Å². The minimum Gasteiger partial charge on any atom is -0.337 e. The number of fused-ring (bicyclic) bond motifs is 1. The van der Waals surface area contributed by atoms with Crippen LogP contribution in [0.2, 0.25) is 0 Å². The molecule has 9 heteroatoms. The third kappa shape index (κ3) is 1.98. The average Bonchev–Trinajstić information content (AvgIpc) is 2.70. The lowest BCUT2D eigenvalue weighted by molar-refractivity contribution is -0.383. The summed E-state index contributed by atoms with van der Waals surface area (Å²) in [6, 6.07) is 1.50. The van der Waals surface area contributed by atoms with Crippen LogP contribution >= 0.6 is 0 Å². The van der Waals surface area contributed by atoms with Gasteiger partial charge in [0.2, 0.25) is 0 Å². The second-order valence-corrected chi connectivity index (χ2v) is 3.42. The molecule has 0 amide bonds. The summed E-state index contributed by atoms with van der Waals surface area (Å²) in [5, 5.41) is 10.7. The average molecular weight is 263 g/mol. The number of hydrogen-bond acceptors (Lipinski definition) is 3. The minimum absolute atomic E-state index is 0.213. The molecule has 0 spiro atoms. The predicted octanol–water partition coefficient (Wildman–Crippen LogP) is 3.35. The molecule has 18 heavy (non-hydrogen) atoms. The number of halogens is 4. The zero-order valence-corrected chi connectivity index (χ0v) is 8.53. The Labute approximate surface area is 96.6 Å². The van der Waals surface area contributed by atoms with Gasteiger partial charge in [-0.2, -0.15) is 0 Å². The Kier molecular flexibility index (Phi) is 2.89. The second kappa shape index (κ2) is 4.24. The highest BCUT2D eigenvalue weighted by Crippen LogP contribution is 2.31. The maximum Gasteiger partial charge on any atom is 0.297 e. The third-order valence-electron chi connectivity index (χ3n) is 2.26. The Hall–Kier alpha value is -2.19. The van der Waals surface area contributed by atoms with Crippen molar-refractivity contribution in [3.63, 3.8) is 0 Å². The molecule has 1 heterocycles. The zero-order chi connectivity index (χ0) is 13.4. The van der Waals surface area contributed by atoms with E-state index in [2.05, 4.69) is 9.97 Å². The summed E-state index contributed by atoms with van der Waals surface area (Å²) in [6.45, 7) is 0. The van der Waals surface area contributed by atoms with E-state index in [0.717, 1.165) is 6.07 Å². The van der Waals surface area contributed by atoms with E-state index in [1.807, 2.05) is 0 Å². The van der Waals surface area contributed by atoms with Crippen LogP contribution in [-0.2, 0) is 0 Å². The molecule has 0 aliphatic carbocycles. The number of nitrogens with zero attached hydrogens (tertiary/aromatic N) is 2. The van der Waals surface area contributed by atoms with Crippen molar-refractivity contribution in [1.82, 2.24) is 9.97 Å². The molecule has 0 unspecified atom stereocenters. The molecule has 96 valence electrons. The number of nitro benzene ring substituents is 1. The van der Waals surface area contributed by atoms with E-state index in [4.69, 9.17) is 0 Å². The fraction of sp³-hybridized carbons (Fsp3) is 0.222. The number of benzene rings is 1. The van der Waals surface area contributed by atoms with Gasteiger partial charge < -0.3 is 4.98 Å². The number of nitro groups is 1. The summed E-state index contributed by atoms with van der Waals surface area (Å²) in [7, 11) is 0. The van der Waals surface area contributed by atoms with E-state index in [1.165, 1.54) is 0 Å². The molecule has 0 saturated heterocycles. The van der Waals surface area contributed by atoms with Gasteiger partial charge in [0.25, 0.3) is 18.5 Å². The Balaban J connectivity index is 2.73. The standard InChI is InChI=1S/C9H5F4N3O2/c10-7(11)3-1-4-6(5(2-3)16(17)18)15-9(14-4)8(12)13/h1-2,7-8H,(H,14,15). The van der Waals surface area contributed by atoms with Crippen LogP contribution in [0.15, 0.2) is 12.1 Å². The molecular weight excluding hydrogens is 258 g/mol. The highest BCUT2D eigenvalue weighted by molar-refractivity contribution is 5.85. The summed E-state index contributed by atoms with van der Waals surface area (Å²) in [6.07, 6.45) is -5.90. The third-order valence-corrected chi connectivity index (χ3v) is 2.26. The molecule has 1 N–H and O–H groups in total. The van der Waals surface area contributed by atoms with E-state index in [1.54, 1.807) is 0 Å². The molecule has 1 aromatic carbocycles. The van der Waals surface area contributed by atoms with Gasteiger partial charge >= 0.3 is 0 Å². The molecular formula is C9H5F4N3O2. The SMILES string of the molecule is O=[N+]([O-])c1cc(C(F)F)cc2[nH]c(C(F)F)nc12. The van der Waals surface area contributed by atoms with Crippen molar-refractivity contribution in [1.29, 1.82) is 0 Å². The van der Waals surface area contributed by atoms with Gasteiger partial charge in [-0.1, -0.05) is 0 Å². The Bertz CT molecular complexity index is 611. The highest BCUT2D eigenvalue weighted by Gasteiger charge is 2.23. The maximum atomic E-state index is 12.5. The van der Waals surface area contributed by atoms with Crippen molar-refractivity contribution < 1.29 is 22.5 Å². The second-order valence-electron chi connectivity index (χ2n) is 3.42. The van der Waals surface area contributed by atoms with Crippen LogP contribution in [0.3, 0.4) is 0 Å². The fourth-order valence-corrected chi connectivity index (χ4v) is 1.51. The highest BCUT2D eigenvalue weighted by atomic mass is 19.3. The summed E-state index contributed by atoms with van der Waals surface area (Å²) in [5.41, 5.74) is -1.93. The van der Waals surface area contributed by atoms with Crippen molar-refractivity contribution in [2.75, 3.05) is 0 Å². The molecule has 2 rings (SSSR count). The Morgan fingerprint density at radius 3 is 2.39 bits per heavy atom. The molecule has 0 radical (unpaired) electrons. The van der Waals surface area contributed by atoms with Crippen molar-refractivity contribution in [2.24, 2.45) is 0 Å². The van der Waals surface area contributed by atoms with Crippen LogP contribution in [0.25, 0.3) is 11.0 Å². The molecule has 0 bridgehead atoms. The topological polar surface area (TPSA) is 71.8 Å². The molecule has 5 nitrogen and oxygen atoms in total. The quantitative estimate of drug-likeness (QED) is 0.524. The number of non-ortho nitro benzene ring substituents is 1.